The number of hydrogen-bond donors (Lipinski definition) is 4. The van der Waals surface area contributed by atoms with Crippen LogP contribution in [-0.2, 0) is 27.9 Å². The first-order valence-corrected chi connectivity index (χ1v) is 8.18. The Kier molecular flexibility index (Phi) is 5.44. The van der Waals surface area contributed by atoms with E-state index in [0.29, 0.717) is 11.4 Å². The summed E-state index contributed by atoms with van der Waals surface area (Å²) in [5, 5.41) is 38.5. The lowest BCUT2D eigenvalue weighted by Gasteiger charge is -2.38. The van der Waals surface area contributed by atoms with E-state index in [1.165, 1.54) is 10.7 Å². The molecule has 146 valence electrons. The number of ether oxygens (including phenoxy) is 2. The fraction of sp³-hybridized carbons (Fsp3) is 0.412. The van der Waals surface area contributed by atoms with Crippen LogP contribution in [0.1, 0.15) is 5.69 Å². The van der Waals surface area contributed by atoms with Gasteiger partial charge in [0.05, 0.1) is 18.0 Å². The normalized spacial score (nSPS) is 28.2. The van der Waals surface area contributed by atoms with Gasteiger partial charge in [0.15, 0.2) is 12.4 Å². The van der Waals surface area contributed by atoms with E-state index in [2.05, 4.69) is 0 Å². The van der Waals surface area contributed by atoms with Gasteiger partial charge in [-0.1, -0.05) is 18.2 Å². The molecule has 1 saturated heterocycles. The third-order valence-corrected chi connectivity index (χ3v) is 4.42. The van der Waals surface area contributed by atoms with Crippen LogP contribution < -0.4 is 5.56 Å². The van der Waals surface area contributed by atoms with Gasteiger partial charge in [-0.3, -0.25) is 9.48 Å². The molecule has 1 aliphatic heterocycles. The minimum absolute atomic E-state index is 0.192. The molecule has 5 atom stereocenters. The van der Waals surface area contributed by atoms with Gasteiger partial charge in [0.2, 0.25) is 0 Å². The van der Waals surface area contributed by atoms with Crippen molar-refractivity contribution >= 4 is 5.97 Å². The van der Waals surface area contributed by atoms with Gasteiger partial charge in [-0.15, -0.1) is 0 Å². The smallest absolute Gasteiger partial charge is 0.335 e. The van der Waals surface area contributed by atoms with Crippen LogP contribution in [0.3, 0.4) is 0 Å². The number of nitrogens with zero attached hydrogens (tertiary/aromatic N) is 2. The number of carboxylic acid groups (broad SMARTS) is 1. The lowest BCUT2D eigenvalue weighted by atomic mass is 9.99. The molecule has 0 radical (unpaired) electrons. The number of rotatable bonds is 5. The van der Waals surface area contributed by atoms with Gasteiger partial charge < -0.3 is 29.9 Å². The lowest BCUT2D eigenvalue weighted by molar-refractivity contribution is -0.297. The van der Waals surface area contributed by atoms with Crippen LogP contribution in [0.25, 0.3) is 5.69 Å². The topological polar surface area (TPSA) is 143 Å². The first-order chi connectivity index (χ1) is 12.8. The molecule has 0 unspecified atom stereocenters. The summed E-state index contributed by atoms with van der Waals surface area (Å²) < 4.78 is 13.4. The molecule has 1 aromatic carbocycles. The number of hydrogen-bond acceptors (Lipinski definition) is 7. The molecule has 10 nitrogen and oxygen atoms in total. The van der Waals surface area contributed by atoms with Crippen molar-refractivity contribution in [2.24, 2.45) is 7.05 Å². The fourth-order valence-electron chi connectivity index (χ4n) is 2.94. The Labute approximate surface area is 153 Å². The Bertz CT molecular complexity index is 862. The maximum atomic E-state index is 12.3. The van der Waals surface area contributed by atoms with Crippen LogP contribution in [0.4, 0.5) is 0 Å². The highest BCUT2D eigenvalue weighted by molar-refractivity contribution is 5.73. The molecule has 0 spiro atoms. The zero-order valence-corrected chi connectivity index (χ0v) is 14.4. The molecule has 0 amide bonds. The second-order valence-corrected chi connectivity index (χ2v) is 6.19. The van der Waals surface area contributed by atoms with Crippen molar-refractivity contribution < 1.29 is 34.7 Å². The highest BCUT2D eigenvalue weighted by atomic mass is 16.7. The lowest BCUT2D eigenvalue weighted by Crippen LogP contribution is -2.60. The highest BCUT2D eigenvalue weighted by Crippen LogP contribution is 2.23. The van der Waals surface area contributed by atoms with E-state index in [4.69, 9.17) is 14.6 Å². The van der Waals surface area contributed by atoms with Crippen LogP contribution in [0.2, 0.25) is 0 Å². The SMILES string of the molecule is Cn1c(CO[C@@H]2O[C@H](C(=O)O)[C@@H](O)[C@H](O)[C@H]2O)cc(=O)n1-c1ccccc1. The standard InChI is InChI=1S/C17H20N2O8/c1-18-10(7-11(20)19(18)9-5-3-2-4-6-9)8-26-17-14(23)12(21)13(22)15(27-17)16(24)25/h2-7,12-15,17,21-23H,8H2,1H3,(H,24,25)/t12-,13-,14+,15-,17+/m0/s1. The molecule has 2 heterocycles. The molecule has 0 saturated carbocycles. The molecule has 1 fully saturated rings. The van der Waals surface area contributed by atoms with Crippen LogP contribution in [-0.4, -0.2) is 66.5 Å². The Morgan fingerprint density at radius 3 is 2.44 bits per heavy atom. The van der Waals surface area contributed by atoms with Crippen molar-refractivity contribution in [3.05, 3.63) is 52.4 Å². The summed E-state index contributed by atoms with van der Waals surface area (Å²) in [7, 11) is 1.64. The first kappa shape index (κ1) is 19.3. The Balaban J connectivity index is 1.77. The second kappa shape index (κ2) is 7.62. The molecular weight excluding hydrogens is 360 g/mol. The Hall–Kier alpha value is -2.50. The summed E-state index contributed by atoms with van der Waals surface area (Å²) in [4.78, 5) is 23.4. The first-order valence-electron chi connectivity index (χ1n) is 8.18. The van der Waals surface area contributed by atoms with Crippen molar-refractivity contribution in [1.29, 1.82) is 0 Å². The summed E-state index contributed by atoms with van der Waals surface area (Å²) in [6, 6.07) is 10.3. The van der Waals surface area contributed by atoms with Gasteiger partial charge in [0, 0.05) is 13.1 Å². The average Bonchev–Trinajstić information content (AvgIpc) is 2.93. The molecule has 27 heavy (non-hydrogen) atoms. The Morgan fingerprint density at radius 2 is 1.81 bits per heavy atom. The third-order valence-electron chi connectivity index (χ3n) is 4.42. The van der Waals surface area contributed by atoms with E-state index in [1.54, 1.807) is 36.0 Å². The van der Waals surface area contributed by atoms with E-state index in [1.807, 2.05) is 6.07 Å². The minimum Gasteiger partial charge on any atom is -0.479 e. The molecule has 0 aliphatic carbocycles. The Morgan fingerprint density at radius 1 is 1.15 bits per heavy atom. The second-order valence-electron chi connectivity index (χ2n) is 6.19. The molecule has 2 aromatic rings. The van der Waals surface area contributed by atoms with Crippen LogP contribution in [0.5, 0.6) is 0 Å². The number of aliphatic hydroxyl groups is 3. The number of aromatic nitrogens is 2. The molecule has 10 heteroatoms. The van der Waals surface area contributed by atoms with Crippen molar-refractivity contribution in [1.82, 2.24) is 9.36 Å². The van der Waals surface area contributed by atoms with E-state index in [0.717, 1.165) is 0 Å². The van der Waals surface area contributed by atoms with E-state index >= 15 is 0 Å². The van der Waals surface area contributed by atoms with E-state index in [9.17, 15) is 24.9 Å². The quantitative estimate of drug-likeness (QED) is 0.495. The molecule has 0 bridgehead atoms. The third kappa shape index (κ3) is 3.66. The minimum atomic E-state index is -1.79. The maximum Gasteiger partial charge on any atom is 0.335 e. The maximum absolute atomic E-state index is 12.3. The summed E-state index contributed by atoms with van der Waals surface area (Å²) in [5.74, 6) is -1.50. The predicted octanol–water partition coefficient (Wildman–Crippen LogP) is -1.42. The summed E-state index contributed by atoms with van der Waals surface area (Å²) >= 11 is 0. The zero-order chi connectivity index (χ0) is 19.7. The van der Waals surface area contributed by atoms with Gasteiger partial charge in [0.1, 0.15) is 18.3 Å². The van der Waals surface area contributed by atoms with Crippen molar-refractivity contribution in [2.45, 2.75) is 37.3 Å². The van der Waals surface area contributed by atoms with Crippen molar-refractivity contribution in [3.63, 3.8) is 0 Å². The van der Waals surface area contributed by atoms with Crippen LogP contribution in [0.15, 0.2) is 41.2 Å². The summed E-state index contributed by atoms with van der Waals surface area (Å²) in [5.41, 5.74) is 0.785. The summed E-state index contributed by atoms with van der Waals surface area (Å²) in [6.07, 6.45) is -8.42. The van der Waals surface area contributed by atoms with Gasteiger partial charge >= 0.3 is 5.97 Å². The van der Waals surface area contributed by atoms with E-state index in [-0.39, 0.29) is 12.2 Å². The molecular formula is C17H20N2O8. The molecule has 1 aromatic heterocycles. The van der Waals surface area contributed by atoms with Crippen molar-refractivity contribution in [2.75, 3.05) is 0 Å². The van der Waals surface area contributed by atoms with Gasteiger partial charge in [-0.05, 0) is 12.1 Å². The summed E-state index contributed by atoms with van der Waals surface area (Å²) in [6.45, 7) is -0.192. The number of carboxylic acids is 1. The van der Waals surface area contributed by atoms with Gasteiger partial charge in [-0.25, -0.2) is 9.48 Å². The zero-order valence-electron chi connectivity index (χ0n) is 14.4. The molecule has 4 N–H and O–H groups in total. The fourth-order valence-corrected chi connectivity index (χ4v) is 2.94. The number of para-hydroxylation sites is 1. The number of carbonyl (C=O) groups is 1. The van der Waals surface area contributed by atoms with Gasteiger partial charge in [0.25, 0.3) is 5.56 Å². The number of aliphatic carboxylic acids is 1. The predicted molar refractivity (Wildman–Crippen MR) is 90.1 cm³/mol. The van der Waals surface area contributed by atoms with Crippen molar-refractivity contribution in [3.8, 4) is 5.69 Å². The molecule has 3 rings (SSSR count). The number of benzene rings is 1. The van der Waals surface area contributed by atoms with E-state index < -0.39 is 36.7 Å². The highest BCUT2D eigenvalue weighted by Gasteiger charge is 2.47. The van der Waals surface area contributed by atoms with Crippen LogP contribution in [0, 0.1) is 0 Å². The van der Waals surface area contributed by atoms with Crippen LogP contribution >= 0.6 is 0 Å². The largest absolute Gasteiger partial charge is 0.479 e. The van der Waals surface area contributed by atoms with Gasteiger partial charge in [-0.2, -0.15) is 0 Å². The molecule has 1 aliphatic rings. The average molecular weight is 380 g/mol. The monoisotopic (exact) mass is 380 g/mol. The number of aliphatic hydroxyl groups excluding tert-OH is 3.